The number of rotatable bonds is 3. The van der Waals surface area contributed by atoms with Gasteiger partial charge in [0, 0.05) is 35.2 Å². The van der Waals surface area contributed by atoms with Crippen LogP contribution in [-0.2, 0) is 4.79 Å². The summed E-state index contributed by atoms with van der Waals surface area (Å²) in [4.78, 5) is 14.7. The van der Waals surface area contributed by atoms with Crippen LogP contribution in [0, 0.1) is 5.41 Å². The predicted octanol–water partition coefficient (Wildman–Crippen LogP) is 3.16. The SMILES string of the molecule is C[C@@H]1C[C@@]2(CNC(=O)C3=C(F)CCC3)C[C@H]2N1C(C)(C)C. The molecule has 2 fully saturated rings. The van der Waals surface area contributed by atoms with E-state index >= 15 is 0 Å². The van der Waals surface area contributed by atoms with Gasteiger partial charge in [0.2, 0.25) is 5.91 Å². The Labute approximate surface area is 127 Å². The van der Waals surface area contributed by atoms with Crippen LogP contribution in [0.2, 0.25) is 0 Å². The zero-order valence-corrected chi connectivity index (χ0v) is 13.6. The highest BCUT2D eigenvalue weighted by Crippen LogP contribution is 2.60. The van der Waals surface area contributed by atoms with Crippen LogP contribution in [0.25, 0.3) is 0 Å². The molecule has 0 aromatic carbocycles. The fraction of sp³-hybridized carbons (Fsp3) is 0.824. The largest absolute Gasteiger partial charge is 0.352 e. The summed E-state index contributed by atoms with van der Waals surface area (Å²) in [7, 11) is 0. The highest BCUT2D eigenvalue weighted by Gasteiger charge is 2.65. The van der Waals surface area contributed by atoms with E-state index < -0.39 is 0 Å². The van der Waals surface area contributed by atoms with Crippen molar-refractivity contribution in [3.8, 4) is 0 Å². The van der Waals surface area contributed by atoms with Crippen LogP contribution in [0.1, 0.15) is 59.8 Å². The van der Waals surface area contributed by atoms with Gasteiger partial charge in [-0.1, -0.05) is 0 Å². The molecule has 1 amide bonds. The molecular formula is C17H27FN2O. The van der Waals surface area contributed by atoms with E-state index in [-0.39, 0.29) is 22.7 Å². The third kappa shape index (κ3) is 2.52. The lowest BCUT2D eigenvalue weighted by molar-refractivity contribution is -0.117. The van der Waals surface area contributed by atoms with Crippen molar-refractivity contribution >= 4 is 5.91 Å². The lowest BCUT2D eigenvalue weighted by Gasteiger charge is -2.37. The second-order valence-electron chi connectivity index (χ2n) is 8.13. The average Bonchev–Trinajstić information content (AvgIpc) is 2.74. The molecule has 0 aromatic rings. The van der Waals surface area contributed by atoms with E-state index in [2.05, 4.69) is 37.9 Å². The Bertz CT molecular complexity index is 494. The van der Waals surface area contributed by atoms with Crippen LogP contribution in [0.15, 0.2) is 11.4 Å². The first-order valence-electron chi connectivity index (χ1n) is 8.19. The van der Waals surface area contributed by atoms with Crippen LogP contribution in [0.5, 0.6) is 0 Å². The van der Waals surface area contributed by atoms with Gasteiger partial charge in [-0.2, -0.15) is 0 Å². The Morgan fingerprint density at radius 2 is 2.10 bits per heavy atom. The second-order valence-corrected chi connectivity index (χ2v) is 8.13. The number of fused-ring (bicyclic) bond motifs is 1. The molecule has 1 N–H and O–H groups in total. The number of nitrogens with zero attached hydrogens (tertiary/aromatic N) is 1. The molecular weight excluding hydrogens is 267 g/mol. The molecule has 0 spiro atoms. The third-order valence-corrected chi connectivity index (χ3v) is 5.46. The zero-order chi connectivity index (χ0) is 15.4. The quantitative estimate of drug-likeness (QED) is 0.867. The summed E-state index contributed by atoms with van der Waals surface area (Å²) in [5.41, 5.74) is 0.798. The third-order valence-electron chi connectivity index (χ3n) is 5.46. The number of carbonyl (C=O) groups excluding carboxylic acids is 1. The van der Waals surface area contributed by atoms with Crippen LogP contribution >= 0.6 is 0 Å². The van der Waals surface area contributed by atoms with Gasteiger partial charge < -0.3 is 5.32 Å². The summed E-state index contributed by atoms with van der Waals surface area (Å²) < 4.78 is 13.5. The molecule has 0 unspecified atom stereocenters. The van der Waals surface area contributed by atoms with Crippen LogP contribution in [-0.4, -0.2) is 35.0 Å². The summed E-state index contributed by atoms with van der Waals surface area (Å²) in [5, 5.41) is 3.01. The Morgan fingerprint density at radius 3 is 2.62 bits per heavy atom. The van der Waals surface area contributed by atoms with Crippen molar-refractivity contribution in [1.82, 2.24) is 10.2 Å². The van der Waals surface area contributed by atoms with Crippen molar-refractivity contribution in [3.63, 3.8) is 0 Å². The highest BCUT2D eigenvalue weighted by molar-refractivity contribution is 5.94. The zero-order valence-electron chi connectivity index (χ0n) is 13.6. The summed E-state index contributed by atoms with van der Waals surface area (Å²) in [6.45, 7) is 9.75. The van der Waals surface area contributed by atoms with E-state index in [9.17, 15) is 9.18 Å². The number of allylic oxidation sites excluding steroid dienone is 1. The van der Waals surface area contributed by atoms with Gasteiger partial charge in [0.15, 0.2) is 0 Å². The molecule has 1 heterocycles. The standard InChI is InChI=1S/C17H27FN2O/c1-11-8-17(9-14(17)20(11)16(2,3)4)10-19-15(21)12-6-5-7-13(12)18/h11,14H,5-10H2,1-4H3,(H,19,21)/t11-,14-,17+/m1/s1. The Morgan fingerprint density at radius 1 is 1.38 bits per heavy atom. The van der Waals surface area contributed by atoms with Crippen molar-refractivity contribution in [2.45, 2.75) is 77.4 Å². The molecule has 3 nitrogen and oxygen atoms in total. The number of carbonyl (C=O) groups is 1. The molecule has 3 rings (SSSR count). The second kappa shape index (κ2) is 4.80. The summed E-state index contributed by atoms with van der Waals surface area (Å²) >= 11 is 0. The number of likely N-dealkylation sites (tertiary alicyclic amines) is 1. The van der Waals surface area contributed by atoms with E-state index in [4.69, 9.17) is 0 Å². The molecule has 0 radical (unpaired) electrons. The van der Waals surface area contributed by atoms with Crippen molar-refractivity contribution < 1.29 is 9.18 Å². The average molecular weight is 294 g/mol. The minimum absolute atomic E-state index is 0.173. The Hall–Kier alpha value is -0.900. The van der Waals surface area contributed by atoms with Crippen LogP contribution in [0.4, 0.5) is 4.39 Å². The molecule has 4 heteroatoms. The first-order chi connectivity index (χ1) is 9.74. The van der Waals surface area contributed by atoms with Gasteiger partial charge in [-0.25, -0.2) is 4.39 Å². The molecule has 21 heavy (non-hydrogen) atoms. The number of piperidine rings is 1. The number of amides is 1. The van der Waals surface area contributed by atoms with E-state index in [0.717, 1.165) is 19.3 Å². The molecule has 0 aromatic heterocycles. The van der Waals surface area contributed by atoms with Gasteiger partial charge in [0.25, 0.3) is 0 Å². The first kappa shape index (κ1) is 15.0. The summed E-state index contributed by atoms with van der Waals surface area (Å²) in [5.74, 6) is -0.375. The van der Waals surface area contributed by atoms with Gasteiger partial charge in [0.05, 0.1) is 0 Å². The molecule has 1 aliphatic heterocycles. The molecule has 1 saturated carbocycles. The van der Waals surface area contributed by atoms with Gasteiger partial charge >= 0.3 is 0 Å². The molecule has 3 aliphatic rings. The molecule has 2 aliphatic carbocycles. The van der Waals surface area contributed by atoms with Crippen molar-refractivity contribution in [3.05, 3.63) is 11.4 Å². The Balaban J connectivity index is 1.61. The molecule has 3 atom stereocenters. The maximum atomic E-state index is 13.5. The van der Waals surface area contributed by atoms with E-state index in [1.54, 1.807) is 0 Å². The molecule has 1 saturated heterocycles. The monoisotopic (exact) mass is 294 g/mol. The van der Waals surface area contributed by atoms with E-state index in [1.165, 1.54) is 0 Å². The summed E-state index contributed by atoms with van der Waals surface area (Å²) in [6, 6.07) is 1.14. The first-order valence-corrected chi connectivity index (χ1v) is 8.19. The lowest BCUT2D eigenvalue weighted by atomic mass is 9.99. The topological polar surface area (TPSA) is 32.3 Å². The minimum atomic E-state index is -0.201. The number of nitrogens with one attached hydrogen (secondary N) is 1. The van der Waals surface area contributed by atoms with Gasteiger partial charge in [0.1, 0.15) is 5.83 Å². The summed E-state index contributed by atoms with van der Waals surface area (Å²) in [6.07, 6.45) is 4.11. The van der Waals surface area contributed by atoms with Crippen LogP contribution < -0.4 is 5.32 Å². The Kier molecular flexibility index (Phi) is 3.43. The van der Waals surface area contributed by atoms with Gasteiger partial charge in [-0.15, -0.1) is 0 Å². The molecule has 118 valence electrons. The number of hydrogen-bond donors (Lipinski definition) is 1. The number of hydrogen-bond acceptors (Lipinski definition) is 2. The lowest BCUT2D eigenvalue weighted by Crippen LogP contribution is -2.45. The fourth-order valence-electron chi connectivity index (χ4n) is 4.63. The van der Waals surface area contributed by atoms with Gasteiger partial charge in [-0.05, 0) is 59.8 Å². The van der Waals surface area contributed by atoms with E-state index in [0.29, 0.717) is 37.0 Å². The van der Waals surface area contributed by atoms with E-state index in [1.807, 2.05) is 0 Å². The van der Waals surface area contributed by atoms with Crippen LogP contribution in [0.3, 0.4) is 0 Å². The van der Waals surface area contributed by atoms with Crippen molar-refractivity contribution in [2.75, 3.05) is 6.54 Å². The highest BCUT2D eigenvalue weighted by atomic mass is 19.1. The maximum absolute atomic E-state index is 13.5. The predicted molar refractivity (Wildman–Crippen MR) is 81.5 cm³/mol. The van der Waals surface area contributed by atoms with Crippen molar-refractivity contribution in [1.29, 1.82) is 0 Å². The number of halogens is 1. The van der Waals surface area contributed by atoms with Gasteiger partial charge in [-0.3, -0.25) is 9.69 Å². The smallest absolute Gasteiger partial charge is 0.249 e. The van der Waals surface area contributed by atoms with Crippen molar-refractivity contribution in [2.24, 2.45) is 5.41 Å². The fourth-order valence-corrected chi connectivity index (χ4v) is 4.63. The maximum Gasteiger partial charge on any atom is 0.249 e. The molecule has 0 bridgehead atoms. The minimum Gasteiger partial charge on any atom is -0.352 e. The normalized spacial score (nSPS) is 36.0.